The highest BCUT2D eigenvalue weighted by Gasteiger charge is 2.37. The van der Waals surface area contributed by atoms with Gasteiger partial charge in [0.1, 0.15) is 30.3 Å². The number of benzene rings is 4. The van der Waals surface area contributed by atoms with Crippen LogP contribution in [-0.4, -0.2) is 127 Å². The fourth-order valence-corrected chi connectivity index (χ4v) is 10.3. The fourth-order valence-electron chi connectivity index (χ4n) is 10.1. The smallest absolute Gasteiger partial charge is 0.247 e. The Bertz CT molecular complexity index is 2750. The average Bonchev–Trinajstić information content (AvgIpc) is 3.43. The van der Waals surface area contributed by atoms with Crippen molar-refractivity contribution in [1.82, 2.24) is 35.6 Å². The molecule has 1 aliphatic carbocycles. The van der Waals surface area contributed by atoms with E-state index in [0.717, 1.165) is 47.9 Å². The van der Waals surface area contributed by atoms with Crippen molar-refractivity contribution in [3.8, 4) is 22.6 Å². The van der Waals surface area contributed by atoms with Gasteiger partial charge in [0.15, 0.2) is 0 Å². The number of ether oxygens (including phenoxy) is 2. The molecule has 76 heavy (non-hydrogen) atoms. The van der Waals surface area contributed by atoms with Crippen LogP contribution in [0, 0.1) is 5.92 Å². The number of nitrogens with one attached hydrogen (secondary N) is 3. The molecule has 1 saturated carbocycles. The van der Waals surface area contributed by atoms with Crippen molar-refractivity contribution >= 4 is 52.7 Å². The van der Waals surface area contributed by atoms with Crippen LogP contribution in [0.2, 0.25) is 10.0 Å². The number of hydrogen-bond donors (Lipinski definition) is 3. The van der Waals surface area contributed by atoms with Crippen molar-refractivity contribution < 1.29 is 37.8 Å². The molecule has 2 aliphatic rings. The maximum Gasteiger partial charge on any atom is 0.247 e. The fraction of sp³-hybridized carbons (Fsp3) is 0.424. The van der Waals surface area contributed by atoms with Gasteiger partial charge in [-0.25, -0.2) is 4.39 Å². The number of likely N-dealkylation sites (N-methyl/N-ethyl adjacent to an activating group) is 2. The number of hydrogen-bond acceptors (Lipinski definition) is 9. The minimum Gasteiger partial charge on any atom is -0.457 e. The summed E-state index contributed by atoms with van der Waals surface area (Å²) in [5.74, 6) is -1.95. The van der Waals surface area contributed by atoms with Crippen molar-refractivity contribution in [1.29, 1.82) is 0 Å². The lowest BCUT2D eigenvalue weighted by Crippen LogP contribution is -2.57. The summed E-state index contributed by atoms with van der Waals surface area (Å²) in [6.07, 6.45) is 7.90. The molecular weight excluding hydrogens is 1010 g/mol. The second kappa shape index (κ2) is 27.6. The Morgan fingerprint density at radius 3 is 2.16 bits per heavy atom. The second-order valence-corrected chi connectivity index (χ2v) is 21.0. The summed E-state index contributed by atoms with van der Waals surface area (Å²) in [5.41, 5.74) is 5.27. The molecule has 14 nitrogen and oxygen atoms in total. The van der Waals surface area contributed by atoms with Gasteiger partial charge in [-0.3, -0.25) is 29.0 Å². The van der Waals surface area contributed by atoms with Crippen LogP contribution in [0.4, 0.5) is 4.39 Å². The van der Waals surface area contributed by atoms with Gasteiger partial charge in [0, 0.05) is 98.8 Å². The lowest BCUT2D eigenvalue weighted by molar-refractivity contribution is -0.147. The monoisotopic (exact) mass is 1080 g/mol. The predicted octanol–water partition coefficient (Wildman–Crippen LogP) is 8.97. The van der Waals surface area contributed by atoms with E-state index in [1.807, 2.05) is 86.0 Å². The van der Waals surface area contributed by atoms with Crippen LogP contribution in [0.1, 0.15) is 80.5 Å². The van der Waals surface area contributed by atoms with Crippen LogP contribution in [0.15, 0.2) is 116 Å². The number of carbonyl (C=O) groups excluding carboxylic acids is 5. The van der Waals surface area contributed by atoms with Crippen molar-refractivity contribution in [3.05, 3.63) is 148 Å². The van der Waals surface area contributed by atoms with Gasteiger partial charge in [-0.1, -0.05) is 83.9 Å². The van der Waals surface area contributed by atoms with Gasteiger partial charge in [0.25, 0.3) is 0 Å². The SMILES string of the molecule is COC[C@@H]1NC(=O)[C@H](C)N(Cc2ccc(Cl)cc2Oc2ccc(-c3cncc(C4CCC(NCCF)CC4)c3)cc2)C(=O)C[C@@H](Cc2ccccc2)C(=O)N(C)[C@@H](C)CNC(=O)C[C@H](Cc2ccc(Cl)cc2)N(C)C1=O. The first-order valence-electron chi connectivity index (χ1n) is 26.1. The first kappa shape index (κ1) is 57.3. The van der Waals surface area contributed by atoms with Crippen molar-refractivity contribution in [3.63, 3.8) is 0 Å². The Hall–Kier alpha value is -6.39. The van der Waals surface area contributed by atoms with Crippen LogP contribution in [0.25, 0.3) is 11.1 Å². The number of rotatable bonds is 15. The van der Waals surface area contributed by atoms with E-state index < -0.39 is 47.8 Å². The molecule has 5 amide bonds. The molecule has 1 aromatic heterocycles. The van der Waals surface area contributed by atoms with Gasteiger partial charge in [0.05, 0.1) is 19.1 Å². The highest BCUT2D eigenvalue weighted by atomic mass is 35.5. The summed E-state index contributed by atoms with van der Waals surface area (Å²) >= 11 is 12.8. The van der Waals surface area contributed by atoms with Crippen LogP contribution >= 0.6 is 23.2 Å². The summed E-state index contributed by atoms with van der Waals surface area (Å²) in [5, 5.41) is 10.1. The molecule has 1 saturated heterocycles. The van der Waals surface area contributed by atoms with Crippen molar-refractivity contribution in [2.24, 2.45) is 5.92 Å². The van der Waals surface area contributed by atoms with E-state index in [0.29, 0.717) is 52.0 Å². The van der Waals surface area contributed by atoms with Gasteiger partial charge >= 0.3 is 0 Å². The van der Waals surface area contributed by atoms with E-state index in [1.54, 1.807) is 56.3 Å². The summed E-state index contributed by atoms with van der Waals surface area (Å²) in [6.45, 7) is 3.19. The number of alkyl halides is 1. The topological polar surface area (TPSA) is 163 Å². The van der Waals surface area contributed by atoms with E-state index in [4.69, 9.17) is 32.7 Å². The summed E-state index contributed by atoms with van der Waals surface area (Å²) in [7, 11) is 4.65. The van der Waals surface area contributed by atoms with Crippen molar-refractivity contribution in [2.45, 2.75) is 108 Å². The third-order valence-corrected chi connectivity index (χ3v) is 15.3. The zero-order valence-corrected chi connectivity index (χ0v) is 45.5. The normalized spacial score (nSPS) is 22.7. The lowest BCUT2D eigenvalue weighted by Gasteiger charge is -2.35. The molecule has 0 unspecified atom stereocenters. The van der Waals surface area contributed by atoms with Gasteiger partial charge < -0.3 is 40.1 Å². The van der Waals surface area contributed by atoms with Crippen molar-refractivity contribution in [2.75, 3.05) is 47.6 Å². The van der Waals surface area contributed by atoms with E-state index >= 15 is 4.79 Å². The van der Waals surface area contributed by atoms with Crippen LogP contribution in [0.5, 0.6) is 11.5 Å². The summed E-state index contributed by atoms with van der Waals surface area (Å²) in [4.78, 5) is 81.6. The second-order valence-electron chi connectivity index (χ2n) is 20.1. The number of methoxy groups -OCH3 is 1. The number of carbonyl (C=O) groups is 5. The Kier molecular flexibility index (Phi) is 20.8. The van der Waals surface area contributed by atoms with E-state index in [-0.39, 0.29) is 57.4 Å². The van der Waals surface area contributed by atoms with Crippen LogP contribution < -0.4 is 20.7 Å². The Labute approximate surface area is 456 Å². The summed E-state index contributed by atoms with van der Waals surface area (Å²) < 4.78 is 24.8. The Balaban J connectivity index is 1.18. The first-order chi connectivity index (χ1) is 36.6. The van der Waals surface area contributed by atoms with Gasteiger partial charge in [-0.05, 0) is 123 Å². The third kappa shape index (κ3) is 15.6. The molecule has 5 atom stereocenters. The minimum atomic E-state index is -1.20. The predicted molar refractivity (Wildman–Crippen MR) is 294 cm³/mol. The number of nitrogens with zero attached hydrogens (tertiary/aromatic N) is 4. The molecule has 0 bridgehead atoms. The quantitative estimate of drug-likeness (QED) is 0.0930. The van der Waals surface area contributed by atoms with E-state index in [2.05, 4.69) is 27.0 Å². The lowest BCUT2D eigenvalue weighted by atomic mass is 9.82. The molecule has 0 spiro atoms. The highest BCUT2D eigenvalue weighted by molar-refractivity contribution is 6.31. The molecule has 3 N–H and O–H groups in total. The molecule has 7 rings (SSSR count). The number of amides is 5. The molecule has 1 aliphatic heterocycles. The molecule has 2 heterocycles. The van der Waals surface area contributed by atoms with Gasteiger partial charge in [0.2, 0.25) is 29.5 Å². The number of halogens is 3. The third-order valence-electron chi connectivity index (χ3n) is 14.8. The molecular formula is C59H70Cl2FN7O7. The molecule has 0 radical (unpaired) electrons. The molecule has 4 aromatic carbocycles. The maximum absolute atomic E-state index is 15.1. The standard InChI is InChI=1S/C59H70Cl2FN7O7/c1-38-33-65-55(70)32-51(28-41-11-18-48(60)19-12-41)68(4)59(74)53(37-75-5)66-57(72)39(2)69(56(71)30-45(58(73)67(38)3)27-40-9-7-6-8-10-40)36-44-13-20-49(61)31-54(44)76-52-23-16-43(17-24-52)47-29-46(34-63-35-47)42-14-21-50(22-15-42)64-26-25-62/h6-13,16-20,23-24,29,31,34-35,38-39,42,45,50-51,53,64H,14-15,21-22,25-28,30,32-33,36-37H2,1-5H3,(H,65,70)(H,66,72)/t38-,39-,42?,45+,50?,51-,53-/m0/s1. The molecule has 404 valence electrons. The number of aromatic nitrogens is 1. The number of pyridine rings is 1. The first-order valence-corrected chi connectivity index (χ1v) is 26.8. The molecule has 17 heteroatoms. The zero-order valence-electron chi connectivity index (χ0n) is 44.0. The molecule has 2 fully saturated rings. The van der Waals surface area contributed by atoms with Gasteiger partial charge in [-0.15, -0.1) is 0 Å². The molecule has 5 aromatic rings. The van der Waals surface area contributed by atoms with E-state index in [9.17, 15) is 23.6 Å². The maximum atomic E-state index is 15.1. The zero-order chi connectivity index (χ0) is 54.3. The Morgan fingerprint density at radius 1 is 0.763 bits per heavy atom. The average molecular weight is 1080 g/mol. The van der Waals surface area contributed by atoms with Gasteiger partial charge in [-0.2, -0.15) is 0 Å². The van der Waals surface area contributed by atoms with Crippen LogP contribution in [-0.2, 0) is 48.1 Å². The highest BCUT2D eigenvalue weighted by Crippen LogP contribution is 2.36. The van der Waals surface area contributed by atoms with E-state index in [1.165, 1.54) is 22.5 Å². The summed E-state index contributed by atoms with van der Waals surface area (Å²) in [6, 6.07) is 28.2. The largest absolute Gasteiger partial charge is 0.457 e. The van der Waals surface area contributed by atoms with Crippen LogP contribution in [0.3, 0.4) is 0 Å². The Morgan fingerprint density at radius 2 is 1.46 bits per heavy atom. The minimum absolute atomic E-state index is 0.0795.